The molecule has 1 aromatic carbocycles. The Bertz CT molecular complexity index is 687. The molecule has 27 heavy (non-hydrogen) atoms. The summed E-state index contributed by atoms with van der Waals surface area (Å²) in [5, 5.41) is 7.85. The van der Waals surface area contributed by atoms with Gasteiger partial charge >= 0.3 is 0 Å². The molecule has 0 saturated carbocycles. The SMILES string of the molecule is CCCNC(=O)CCNC(=O)CNC(=O)c1ccc(N2CCCC2=O)cc1. The van der Waals surface area contributed by atoms with E-state index < -0.39 is 0 Å². The highest BCUT2D eigenvalue weighted by Gasteiger charge is 2.21. The van der Waals surface area contributed by atoms with Crippen LogP contribution in [0.2, 0.25) is 0 Å². The zero-order valence-corrected chi connectivity index (χ0v) is 15.5. The van der Waals surface area contributed by atoms with E-state index in [2.05, 4.69) is 16.0 Å². The first kappa shape index (κ1) is 20.4. The van der Waals surface area contributed by atoms with Crippen LogP contribution in [0.3, 0.4) is 0 Å². The number of rotatable bonds is 9. The number of hydrogen-bond donors (Lipinski definition) is 3. The van der Waals surface area contributed by atoms with Gasteiger partial charge in [0.15, 0.2) is 0 Å². The Balaban J connectivity index is 1.71. The van der Waals surface area contributed by atoms with Crippen LogP contribution < -0.4 is 20.9 Å². The Morgan fingerprint density at radius 2 is 1.70 bits per heavy atom. The number of hydrogen-bond acceptors (Lipinski definition) is 4. The Labute approximate surface area is 158 Å². The highest BCUT2D eigenvalue weighted by molar-refractivity contribution is 5.98. The van der Waals surface area contributed by atoms with Gasteiger partial charge in [0.1, 0.15) is 0 Å². The van der Waals surface area contributed by atoms with Crippen LogP contribution in [0.5, 0.6) is 0 Å². The fourth-order valence-corrected chi connectivity index (χ4v) is 2.71. The van der Waals surface area contributed by atoms with Crippen molar-refractivity contribution in [1.82, 2.24) is 16.0 Å². The van der Waals surface area contributed by atoms with Crippen molar-refractivity contribution >= 4 is 29.3 Å². The molecule has 3 N–H and O–H groups in total. The second-order valence-electron chi connectivity index (χ2n) is 6.33. The molecule has 1 saturated heterocycles. The molecule has 0 atom stereocenters. The number of carbonyl (C=O) groups is 4. The van der Waals surface area contributed by atoms with Gasteiger partial charge in [-0.2, -0.15) is 0 Å². The third-order valence-electron chi connectivity index (χ3n) is 4.17. The standard InChI is InChI=1S/C19H26N4O4/c1-2-10-20-16(24)9-11-21-17(25)13-22-19(27)14-5-7-15(8-6-14)23-12-3-4-18(23)26/h5-8H,2-4,9-13H2,1H3,(H,20,24)(H,21,25)(H,22,27). The van der Waals surface area contributed by atoms with E-state index in [1.165, 1.54) is 0 Å². The van der Waals surface area contributed by atoms with E-state index >= 15 is 0 Å². The average Bonchev–Trinajstić information content (AvgIpc) is 3.10. The molecule has 8 nitrogen and oxygen atoms in total. The Hall–Kier alpha value is -2.90. The minimum atomic E-state index is -0.370. The maximum atomic E-state index is 12.1. The van der Waals surface area contributed by atoms with E-state index in [1.807, 2.05) is 6.92 Å². The second-order valence-corrected chi connectivity index (χ2v) is 6.33. The summed E-state index contributed by atoms with van der Waals surface area (Å²) >= 11 is 0. The van der Waals surface area contributed by atoms with E-state index in [4.69, 9.17) is 0 Å². The molecule has 1 aliphatic rings. The molecule has 0 spiro atoms. The van der Waals surface area contributed by atoms with Gasteiger partial charge in [-0.15, -0.1) is 0 Å². The molecule has 2 rings (SSSR count). The molecule has 1 aliphatic heterocycles. The highest BCUT2D eigenvalue weighted by atomic mass is 16.2. The molecule has 0 aromatic heterocycles. The molecule has 8 heteroatoms. The molecular weight excluding hydrogens is 348 g/mol. The molecule has 1 aromatic rings. The lowest BCUT2D eigenvalue weighted by Gasteiger charge is -2.15. The molecule has 0 radical (unpaired) electrons. The summed E-state index contributed by atoms with van der Waals surface area (Å²) in [7, 11) is 0. The third kappa shape index (κ3) is 6.40. The zero-order chi connectivity index (χ0) is 19.6. The van der Waals surface area contributed by atoms with Crippen LogP contribution in [0.25, 0.3) is 0 Å². The number of carbonyl (C=O) groups excluding carboxylic acids is 4. The average molecular weight is 374 g/mol. The van der Waals surface area contributed by atoms with Gasteiger partial charge in [-0.1, -0.05) is 6.92 Å². The fraction of sp³-hybridized carbons (Fsp3) is 0.474. The molecule has 146 valence electrons. The van der Waals surface area contributed by atoms with Crippen LogP contribution in [0, 0.1) is 0 Å². The van der Waals surface area contributed by atoms with Crippen molar-refractivity contribution in [3.8, 4) is 0 Å². The highest BCUT2D eigenvalue weighted by Crippen LogP contribution is 2.21. The summed E-state index contributed by atoms with van der Waals surface area (Å²) in [6, 6.07) is 6.72. The van der Waals surface area contributed by atoms with E-state index in [-0.39, 0.29) is 43.1 Å². The topological polar surface area (TPSA) is 108 Å². The van der Waals surface area contributed by atoms with Gasteiger partial charge in [0.2, 0.25) is 17.7 Å². The molecule has 0 aliphatic carbocycles. The van der Waals surface area contributed by atoms with Gasteiger partial charge in [0, 0.05) is 43.7 Å². The normalized spacial score (nSPS) is 13.4. The Morgan fingerprint density at radius 1 is 1.00 bits per heavy atom. The summed E-state index contributed by atoms with van der Waals surface area (Å²) in [5.41, 5.74) is 1.19. The number of benzene rings is 1. The second kappa shape index (κ2) is 10.3. The molecule has 0 bridgehead atoms. The van der Waals surface area contributed by atoms with Gasteiger partial charge in [-0.3, -0.25) is 19.2 Å². The van der Waals surface area contributed by atoms with Gasteiger partial charge in [-0.05, 0) is 37.1 Å². The first-order valence-corrected chi connectivity index (χ1v) is 9.23. The van der Waals surface area contributed by atoms with Crippen LogP contribution in [0.4, 0.5) is 5.69 Å². The summed E-state index contributed by atoms with van der Waals surface area (Å²) in [6.07, 6.45) is 2.46. The monoisotopic (exact) mass is 374 g/mol. The first-order valence-electron chi connectivity index (χ1n) is 9.23. The lowest BCUT2D eigenvalue weighted by atomic mass is 10.2. The predicted molar refractivity (Wildman–Crippen MR) is 101 cm³/mol. The van der Waals surface area contributed by atoms with Gasteiger partial charge < -0.3 is 20.9 Å². The van der Waals surface area contributed by atoms with Crippen LogP contribution in [0.1, 0.15) is 43.0 Å². The molecule has 4 amide bonds. The van der Waals surface area contributed by atoms with E-state index in [9.17, 15) is 19.2 Å². The summed E-state index contributed by atoms with van der Waals surface area (Å²) in [4.78, 5) is 48.7. The van der Waals surface area contributed by atoms with Crippen molar-refractivity contribution in [2.75, 3.05) is 31.1 Å². The summed E-state index contributed by atoms with van der Waals surface area (Å²) < 4.78 is 0. The Kier molecular flexibility index (Phi) is 7.79. The minimum Gasteiger partial charge on any atom is -0.356 e. The number of nitrogens with one attached hydrogen (secondary N) is 3. The van der Waals surface area contributed by atoms with Crippen LogP contribution in [-0.4, -0.2) is 49.8 Å². The van der Waals surface area contributed by atoms with Crippen LogP contribution >= 0.6 is 0 Å². The molecule has 1 heterocycles. The Morgan fingerprint density at radius 3 is 2.33 bits per heavy atom. The molecule has 0 unspecified atom stereocenters. The van der Waals surface area contributed by atoms with Crippen molar-refractivity contribution in [3.63, 3.8) is 0 Å². The number of anilines is 1. The van der Waals surface area contributed by atoms with Gasteiger partial charge in [0.25, 0.3) is 5.91 Å². The number of amides is 4. The fourth-order valence-electron chi connectivity index (χ4n) is 2.71. The van der Waals surface area contributed by atoms with Gasteiger partial charge in [0.05, 0.1) is 6.54 Å². The summed E-state index contributed by atoms with van der Waals surface area (Å²) in [6.45, 7) is 3.34. The molecule has 1 fully saturated rings. The quantitative estimate of drug-likeness (QED) is 0.587. The first-order chi connectivity index (χ1) is 13.0. The van der Waals surface area contributed by atoms with Crippen molar-refractivity contribution in [3.05, 3.63) is 29.8 Å². The largest absolute Gasteiger partial charge is 0.356 e. The molecular formula is C19H26N4O4. The third-order valence-corrected chi connectivity index (χ3v) is 4.17. The van der Waals surface area contributed by atoms with E-state index in [0.717, 1.165) is 18.5 Å². The van der Waals surface area contributed by atoms with Crippen molar-refractivity contribution in [1.29, 1.82) is 0 Å². The van der Waals surface area contributed by atoms with E-state index in [0.29, 0.717) is 25.1 Å². The predicted octanol–water partition coefficient (Wildman–Crippen LogP) is 0.576. The van der Waals surface area contributed by atoms with E-state index in [1.54, 1.807) is 29.2 Å². The smallest absolute Gasteiger partial charge is 0.251 e. The van der Waals surface area contributed by atoms with Crippen LogP contribution in [-0.2, 0) is 14.4 Å². The van der Waals surface area contributed by atoms with Crippen molar-refractivity contribution in [2.45, 2.75) is 32.6 Å². The lowest BCUT2D eigenvalue weighted by molar-refractivity contribution is -0.122. The maximum Gasteiger partial charge on any atom is 0.251 e. The van der Waals surface area contributed by atoms with Crippen molar-refractivity contribution < 1.29 is 19.2 Å². The zero-order valence-electron chi connectivity index (χ0n) is 15.5. The van der Waals surface area contributed by atoms with Gasteiger partial charge in [-0.25, -0.2) is 0 Å². The van der Waals surface area contributed by atoms with Crippen molar-refractivity contribution in [2.24, 2.45) is 0 Å². The van der Waals surface area contributed by atoms with Crippen LogP contribution in [0.15, 0.2) is 24.3 Å². The minimum absolute atomic E-state index is 0.0900. The maximum absolute atomic E-state index is 12.1. The lowest BCUT2D eigenvalue weighted by Crippen LogP contribution is -2.38. The number of nitrogens with zero attached hydrogens (tertiary/aromatic N) is 1. The summed E-state index contributed by atoms with van der Waals surface area (Å²) in [5.74, 6) is -0.749.